The highest BCUT2D eigenvalue weighted by Gasteiger charge is 2.08. The van der Waals surface area contributed by atoms with Gasteiger partial charge in [0, 0.05) is 11.3 Å². The Labute approximate surface area is 125 Å². The second kappa shape index (κ2) is 8.20. The molecule has 0 aromatic heterocycles. The third kappa shape index (κ3) is 4.15. The van der Waals surface area contributed by atoms with Crippen LogP contribution in [0.2, 0.25) is 0 Å². The zero-order valence-electron chi connectivity index (χ0n) is 12.8. The molecule has 2 aromatic carbocycles. The second-order valence-electron chi connectivity index (χ2n) is 4.77. The SMILES string of the molecule is CCCc1ccccc1-c1ccc(C(C)=O)c(N)c1.CF. The molecule has 21 heavy (non-hydrogen) atoms. The van der Waals surface area contributed by atoms with E-state index in [9.17, 15) is 9.18 Å². The van der Waals surface area contributed by atoms with E-state index in [0.717, 1.165) is 18.4 Å². The Morgan fingerprint density at radius 2 is 1.81 bits per heavy atom. The molecule has 0 aliphatic rings. The van der Waals surface area contributed by atoms with Gasteiger partial charge in [0.2, 0.25) is 0 Å². The average molecular weight is 287 g/mol. The molecule has 0 radical (unpaired) electrons. The normalized spacial score (nSPS) is 9.71. The molecule has 0 aliphatic carbocycles. The lowest BCUT2D eigenvalue weighted by Gasteiger charge is -2.11. The number of aryl methyl sites for hydroxylation is 1. The largest absolute Gasteiger partial charge is 0.398 e. The molecule has 2 rings (SSSR count). The molecular formula is C18H22FNO. The number of nitrogens with two attached hydrogens (primary N) is 1. The van der Waals surface area contributed by atoms with Crippen molar-refractivity contribution in [1.29, 1.82) is 0 Å². The number of hydrogen-bond acceptors (Lipinski definition) is 2. The van der Waals surface area contributed by atoms with Crippen molar-refractivity contribution in [2.75, 3.05) is 12.9 Å². The summed E-state index contributed by atoms with van der Waals surface area (Å²) in [6.45, 7) is 3.71. The number of anilines is 1. The van der Waals surface area contributed by atoms with E-state index in [1.165, 1.54) is 18.1 Å². The Hall–Kier alpha value is -2.16. The first kappa shape index (κ1) is 16.9. The van der Waals surface area contributed by atoms with Gasteiger partial charge in [-0.1, -0.05) is 43.7 Å². The van der Waals surface area contributed by atoms with Crippen LogP contribution in [0.25, 0.3) is 11.1 Å². The summed E-state index contributed by atoms with van der Waals surface area (Å²) in [4.78, 5) is 11.4. The maximum Gasteiger partial charge on any atom is 0.161 e. The molecule has 0 amide bonds. The lowest BCUT2D eigenvalue weighted by molar-refractivity contribution is 0.101. The zero-order valence-corrected chi connectivity index (χ0v) is 12.8. The van der Waals surface area contributed by atoms with Crippen LogP contribution in [0.15, 0.2) is 42.5 Å². The molecule has 0 aliphatic heterocycles. The number of hydrogen-bond donors (Lipinski definition) is 1. The Morgan fingerprint density at radius 3 is 2.38 bits per heavy atom. The topological polar surface area (TPSA) is 43.1 Å². The Balaban J connectivity index is 0.00000106. The summed E-state index contributed by atoms with van der Waals surface area (Å²) in [7, 11) is 0.500. The van der Waals surface area contributed by atoms with E-state index in [1.807, 2.05) is 24.3 Å². The molecule has 2 aromatic rings. The summed E-state index contributed by atoms with van der Waals surface area (Å²) in [5, 5.41) is 0. The number of carbonyl (C=O) groups excluding carboxylic acids is 1. The summed E-state index contributed by atoms with van der Waals surface area (Å²) in [6, 6.07) is 14.0. The number of rotatable bonds is 4. The van der Waals surface area contributed by atoms with Crippen molar-refractivity contribution in [3.63, 3.8) is 0 Å². The van der Waals surface area contributed by atoms with E-state index >= 15 is 0 Å². The Morgan fingerprint density at radius 1 is 1.14 bits per heavy atom. The molecule has 3 heteroatoms. The number of Topliss-reactive ketones (excluding diaryl/α,β-unsaturated/α-hetero) is 1. The lowest BCUT2D eigenvalue weighted by atomic mass is 9.95. The van der Waals surface area contributed by atoms with Gasteiger partial charge in [-0.15, -0.1) is 0 Å². The van der Waals surface area contributed by atoms with Crippen LogP contribution in [0.1, 0.15) is 36.2 Å². The van der Waals surface area contributed by atoms with Crippen LogP contribution >= 0.6 is 0 Å². The van der Waals surface area contributed by atoms with Gasteiger partial charge in [-0.25, -0.2) is 0 Å². The van der Waals surface area contributed by atoms with E-state index in [2.05, 4.69) is 25.1 Å². The number of halogens is 1. The summed E-state index contributed by atoms with van der Waals surface area (Å²) >= 11 is 0. The van der Waals surface area contributed by atoms with Crippen LogP contribution in [0, 0.1) is 0 Å². The Kier molecular flexibility index (Phi) is 6.60. The van der Waals surface area contributed by atoms with Crippen molar-refractivity contribution >= 4 is 11.5 Å². The maximum absolute atomic E-state index is 11.4. The average Bonchev–Trinajstić information content (AvgIpc) is 2.50. The molecule has 0 fully saturated rings. The van der Waals surface area contributed by atoms with Gasteiger partial charge < -0.3 is 5.73 Å². The van der Waals surface area contributed by atoms with Crippen molar-refractivity contribution in [3.8, 4) is 11.1 Å². The fourth-order valence-corrected chi connectivity index (χ4v) is 2.34. The maximum atomic E-state index is 11.4. The van der Waals surface area contributed by atoms with Crippen molar-refractivity contribution in [1.82, 2.24) is 0 Å². The number of carbonyl (C=O) groups is 1. The van der Waals surface area contributed by atoms with Crippen LogP contribution in [-0.4, -0.2) is 13.0 Å². The molecule has 0 bridgehead atoms. The van der Waals surface area contributed by atoms with Crippen molar-refractivity contribution in [2.24, 2.45) is 0 Å². The van der Waals surface area contributed by atoms with Crippen LogP contribution < -0.4 is 5.73 Å². The van der Waals surface area contributed by atoms with Gasteiger partial charge in [-0.2, -0.15) is 0 Å². The van der Waals surface area contributed by atoms with Crippen LogP contribution in [0.5, 0.6) is 0 Å². The van der Waals surface area contributed by atoms with E-state index < -0.39 is 0 Å². The summed E-state index contributed by atoms with van der Waals surface area (Å²) < 4.78 is 9.50. The quantitative estimate of drug-likeness (QED) is 0.655. The highest BCUT2D eigenvalue weighted by atomic mass is 19.1. The summed E-state index contributed by atoms with van der Waals surface area (Å²) in [5.74, 6) is 0.00546. The first-order valence-electron chi connectivity index (χ1n) is 7.00. The van der Waals surface area contributed by atoms with Gasteiger partial charge in [0.25, 0.3) is 0 Å². The molecular weight excluding hydrogens is 265 g/mol. The van der Waals surface area contributed by atoms with E-state index in [1.54, 1.807) is 0 Å². The first-order valence-corrected chi connectivity index (χ1v) is 7.00. The standard InChI is InChI=1S/C17H19NO.CH3F/c1-3-6-13-7-4-5-8-16(13)14-9-10-15(12(2)19)17(18)11-14;1-2/h4-5,7-11H,3,6,18H2,1-2H3;1H3. The number of ketones is 1. The molecule has 0 saturated heterocycles. The van der Waals surface area contributed by atoms with Crippen molar-refractivity contribution in [2.45, 2.75) is 26.7 Å². The fourth-order valence-electron chi connectivity index (χ4n) is 2.34. The molecule has 0 heterocycles. The Bertz CT molecular complexity index is 608. The lowest BCUT2D eigenvalue weighted by Crippen LogP contribution is -2.00. The third-order valence-electron chi connectivity index (χ3n) is 3.28. The molecule has 2 N–H and O–H groups in total. The first-order chi connectivity index (χ1) is 10.1. The van der Waals surface area contributed by atoms with Gasteiger partial charge in [0.15, 0.2) is 5.78 Å². The predicted octanol–water partition coefficient (Wildman–Crippen LogP) is 4.68. The number of nitrogen functional groups attached to an aromatic ring is 1. The zero-order chi connectivity index (χ0) is 15.8. The van der Waals surface area contributed by atoms with Crippen molar-refractivity contribution < 1.29 is 9.18 Å². The number of benzene rings is 2. The highest BCUT2D eigenvalue weighted by Crippen LogP contribution is 2.28. The second-order valence-corrected chi connectivity index (χ2v) is 4.77. The van der Waals surface area contributed by atoms with Gasteiger partial charge in [0.05, 0.1) is 7.18 Å². The minimum atomic E-state index is 0.00546. The molecule has 0 unspecified atom stereocenters. The fraction of sp³-hybridized carbons (Fsp3) is 0.278. The molecule has 0 atom stereocenters. The minimum absolute atomic E-state index is 0.00546. The van der Waals surface area contributed by atoms with E-state index in [-0.39, 0.29) is 5.78 Å². The number of alkyl halides is 1. The van der Waals surface area contributed by atoms with E-state index in [0.29, 0.717) is 18.4 Å². The molecule has 0 saturated carbocycles. The monoisotopic (exact) mass is 287 g/mol. The molecule has 2 nitrogen and oxygen atoms in total. The van der Waals surface area contributed by atoms with Crippen molar-refractivity contribution in [3.05, 3.63) is 53.6 Å². The van der Waals surface area contributed by atoms with Crippen LogP contribution in [0.4, 0.5) is 10.1 Å². The van der Waals surface area contributed by atoms with Gasteiger partial charge in [0.1, 0.15) is 0 Å². The minimum Gasteiger partial charge on any atom is -0.398 e. The molecule has 112 valence electrons. The molecule has 0 spiro atoms. The highest BCUT2D eigenvalue weighted by molar-refractivity contribution is 5.99. The van der Waals surface area contributed by atoms with E-state index in [4.69, 9.17) is 5.73 Å². The van der Waals surface area contributed by atoms with Gasteiger partial charge >= 0.3 is 0 Å². The van der Waals surface area contributed by atoms with Gasteiger partial charge in [-0.05, 0) is 42.2 Å². The van der Waals surface area contributed by atoms with Gasteiger partial charge in [-0.3, -0.25) is 9.18 Å². The smallest absolute Gasteiger partial charge is 0.161 e. The van der Waals surface area contributed by atoms with Crippen LogP contribution in [-0.2, 0) is 6.42 Å². The summed E-state index contributed by atoms with van der Waals surface area (Å²) in [6.07, 6.45) is 2.16. The van der Waals surface area contributed by atoms with Crippen LogP contribution in [0.3, 0.4) is 0 Å². The summed E-state index contributed by atoms with van der Waals surface area (Å²) in [5.41, 5.74) is 10.7. The predicted molar refractivity (Wildman–Crippen MR) is 87.3 cm³/mol. The third-order valence-corrected chi connectivity index (χ3v) is 3.28.